The summed E-state index contributed by atoms with van der Waals surface area (Å²) in [7, 11) is 1.48. The maximum atomic E-state index is 10.7. The number of non-ortho nitro benzene ring substituents is 1. The number of nitro groups is 1. The normalized spacial score (nSPS) is 10.1. The van der Waals surface area contributed by atoms with Gasteiger partial charge >= 0.3 is 0 Å². The lowest BCUT2D eigenvalue weighted by Crippen LogP contribution is -1.90. The summed E-state index contributed by atoms with van der Waals surface area (Å²) in [5.41, 5.74) is 1.38. The number of ether oxygens (including phenoxy) is 1. The highest BCUT2D eigenvalue weighted by Gasteiger charge is 2.11. The van der Waals surface area contributed by atoms with Gasteiger partial charge in [-0.2, -0.15) is 0 Å². The Kier molecular flexibility index (Phi) is 3.14. The first-order chi connectivity index (χ1) is 8.61. The van der Waals surface area contributed by atoms with Crippen LogP contribution in [0.15, 0.2) is 42.5 Å². The van der Waals surface area contributed by atoms with Crippen LogP contribution in [0.4, 0.5) is 5.69 Å². The van der Waals surface area contributed by atoms with Crippen molar-refractivity contribution in [2.75, 3.05) is 7.11 Å². The van der Waals surface area contributed by atoms with Gasteiger partial charge in [-0.3, -0.25) is 10.1 Å². The summed E-state index contributed by atoms with van der Waals surface area (Å²) in [5, 5.41) is 20.1. The predicted octanol–water partition coefficient (Wildman–Crippen LogP) is 2.98. The second kappa shape index (κ2) is 4.75. The Morgan fingerprint density at radius 1 is 1.22 bits per heavy atom. The van der Waals surface area contributed by atoms with Crippen LogP contribution in [0.3, 0.4) is 0 Å². The third-order valence-electron chi connectivity index (χ3n) is 2.55. The molecule has 2 aromatic rings. The minimum atomic E-state index is -0.448. The molecule has 0 unspecified atom stereocenters. The molecule has 92 valence electrons. The van der Waals surface area contributed by atoms with Gasteiger partial charge in [-0.05, 0) is 17.7 Å². The first kappa shape index (κ1) is 11.9. The number of rotatable bonds is 3. The quantitative estimate of drug-likeness (QED) is 0.666. The molecule has 0 fully saturated rings. The fourth-order valence-electron chi connectivity index (χ4n) is 1.71. The molecule has 5 heteroatoms. The Labute approximate surface area is 103 Å². The molecule has 0 saturated carbocycles. The fraction of sp³-hybridized carbons (Fsp3) is 0.0769. The zero-order valence-electron chi connectivity index (χ0n) is 9.66. The molecule has 5 nitrogen and oxygen atoms in total. The van der Waals surface area contributed by atoms with E-state index in [1.54, 1.807) is 18.2 Å². The summed E-state index contributed by atoms with van der Waals surface area (Å²) in [6, 6.07) is 10.9. The van der Waals surface area contributed by atoms with Crippen molar-refractivity contribution in [3.63, 3.8) is 0 Å². The Hall–Kier alpha value is -2.56. The summed E-state index contributed by atoms with van der Waals surface area (Å²) in [5.74, 6) is 0.552. The van der Waals surface area contributed by atoms with Gasteiger partial charge in [-0.1, -0.05) is 12.1 Å². The highest BCUT2D eigenvalue weighted by Crippen LogP contribution is 2.34. The molecule has 2 rings (SSSR count). The van der Waals surface area contributed by atoms with Crippen LogP contribution in [-0.4, -0.2) is 17.1 Å². The van der Waals surface area contributed by atoms with Crippen LogP contribution in [0.25, 0.3) is 11.1 Å². The SMILES string of the molecule is COc1cc(O)ccc1-c1cccc([N+](=O)[O-])c1. The second-order valence-electron chi connectivity index (χ2n) is 3.69. The van der Waals surface area contributed by atoms with Gasteiger partial charge in [0.05, 0.1) is 12.0 Å². The van der Waals surface area contributed by atoms with Gasteiger partial charge in [0.25, 0.3) is 5.69 Å². The van der Waals surface area contributed by atoms with Crippen molar-refractivity contribution in [1.29, 1.82) is 0 Å². The lowest BCUT2D eigenvalue weighted by Gasteiger charge is -2.08. The van der Waals surface area contributed by atoms with Crippen molar-refractivity contribution in [1.82, 2.24) is 0 Å². The molecule has 0 saturated heterocycles. The van der Waals surface area contributed by atoms with Gasteiger partial charge in [-0.25, -0.2) is 0 Å². The molecular weight excluding hydrogens is 234 g/mol. The minimum Gasteiger partial charge on any atom is -0.508 e. The summed E-state index contributed by atoms with van der Waals surface area (Å²) >= 11 is 0. The standard InChI is InChI=1S/C13H11NO4/c1-18-13-8-11(15)5-6-12(13)9-3-2-4-10(7-9)14(16)17/h2-8,15H,1H3. The van der Waals surface area contributed by atoms with Crippen molar-refractivity contribution in [2.24, 2.45) is 0 Å². The van der Waals surface area contributed by atoms with E-state index in [2.05, 4.69) is 0 Å². The Morgan fingerprint density at radius 2 is 2.00 bits per heavy atom. The molecule has 0 radical (unpaired) electrons. The van der Waals surface area contributed by atoms with Gasteiger partial charge in [0.1, 0.15) is 11.5 Å². The number of phenols is 1. The average Bonchev–Trinajstić information content (AvgIpc) is 2.38. The van der Waals surface area contributed by atoms with Gasteiger partial charge in [-0.15, -0.1) is 0 Å². The predicted molar refractivity (Wildman–Crippen MR) is 66.7 cm³/mol. The number of aromatic hydroxyl groups is 1. The van der Waals surface area contributed by atoms with Gasteiger partial charge in [0.15, 0.2) is 0 Å². The van der Waals surface area contributed by atoms with Crippen molar-refractivity contribution in [3.8, 4) is 22.6 Å². The van der Waals surface area contributed by atoms with E-state index in [4.69, 9.17) is 4.74 Å². The number of nitrogens with zero attached hydrogens (tertiary/aromatic N) is 1. The van der Waals surface area contributed by atoms with Crippen LogP contribution in [0.2, 0.25) is 0 Å². The van der Waals surface area contributed by atoms with Crippen LogP contribution in [0, 0.1) is 10.1 Å². The number of benzene rings is 2. The first-order valence-corrected chi connectivity index (χ1v) is 5.23. The average molecular weight is 245 g/mol. The summed E-state index contributed by atoms with van der Waals surface area (Å²) in [6.45, 7) is 0. The van der Waals surface area contributed by atoms with Crippen molar-refractivity contribution >= 4 is 5.69 Å². The molecule has 0 atom stereocenters. The monoisotopic (exact) mass is 245 g/mol. The maximum absolute atomic E-state index is 10.7. The smallest absolute Gasteiger partial charge is 0.270 e. The number of nitro benzene ring substituents is 1. The van der Waals surface area contributed by atoms with Crippen LogP contribution >= 0.6 is 0 Å². The summed E-state index contributed by atoms with van der Waals surface area (Å²) < 4.78 is 5.15. The van der Waals surface area contributed by atoms with E-state index in [0.717, 1.165) is 0 Å². The highest BCUT2D eigenvalue weighted by molar-refractivity contribution is 5.73. The number of methoxy groups -OCH3 is 1. The molecule has 0 aromatic heterocycles. The molecule has 0 aliphatic heterocycles. The lowest BCUT2D eigenvalue weighted by atomic mass is 10.0. The molecule has 0 bridgehead atoms. The molecule has 18 heavy (non-hydrogen) atoms. The van der Waals surface area contributed by atoms with Crippen LogP contribution in [0.1, 0.15) is 0 Å². The van der Waals surface area contributed by atoms with Crippen LogP contribution in [-0.2, 0) is 0 Å². The molecule has 0 aliphatic carbocycles. The highest BCUT2D eigenvalue weighted by atomic mass is 16.6. The molecule has 0 amide bonds. The topological polar surface area (TPSA) is 72.6 Å². The van der Waals surface area contributed by atoms with E-state index in [1.165, 1.54) is 31.4 Å². The van der Waals surface area contributed by atoms with E-state index in [9.17, 15) is 15.2 Å². The van der Waals surface area contributed by atoms with Crippen molar-refractivity contribution in [2.45, 2.75) is 0 Å². The number of hydrogen-bond donors (Lipinski definition) is 1. The number of hydrogen-bond acceptors (Lipinski definition) is 4. The molecule has 0 heterocycles. The third kappa shape index (κ3) is 2.24. The zero-order valence-corrected chi connectivity index (χ0v) is 9.66. The van der Waals surface area contributed by atoms with E-state index >= 15 is 0 Å². The van der Waals surface area contributed by atoms with Gasteiger partial charge in [0.2, 0.25) is 0 Å². The van der Waals surface area contributed by atoms with E-state index < -0.39 is 4.92 Å². The largest absolute Gasteiger partial charge is 0.508 e. The molecule has 0 spiro atoms. The van der Waals surface area contributed by atoms with Gasteiger partial charge in [0, 0.05) is 23.8 Å². The third-order valence-corrected chi connectivity index (χ3v) is 2.55. The summed E-state index contributed by atoms with van der Waals surface area (Å²) in [6.07, 6.45) is 0. The molecular formula is C13H11NO4. The van der Waals surface area contributed by atoms with E-state index in [-0.39, 0.29) is 11.4 Å². The zero-order chi connectivity index (χ0) is 13.1. The Bertz CT molecular complexity index is 595. The van der Waals surface area contributed by atoms with Crippen LogP contribution in [0.5, 0.6) is 11.5 Å². The first-order valence-electron chi connectivity index (χ1n) is 5.23. The minimum absolute atomic E-state index is 0.0163. The Balaban J connectivity index is 2.54. The molecule has 1 N–H and O–H groups in total. The van der Waals surface area contributed by atoms with Crippen LogP contribution < -0.4 is 4.74 Å². The van der Waals surface area contributed by atoms with E-state index in [0.29, 0.717) is 16.9 Å². The Morgan fingerprint density at radius 3 is 2.67 bits per heavy atom. The second-order valence-corrected chi connectivity index (χ2v) is 3.69. The lowest BCUT2D eigenvalue weighted by molar-refractivity contribution is -0.384. The fourth-order valence-corrected chi connectivity index (χ4v) is 1.71. The van der Waals surface area contributed by atoms with Crippen molar-refractivity contribution < 1.29 is 14.8 Å². The molecule has 0 aliphatic rings. The maximum Gasteiger partial charge on any atom is 0.270 e. The van der Waals surface area contributed by atoms with Crippen molar-refractivity contribution in [3.05, 3.63) is 52.6 Å². The molecule has 2 aromatic carbocycles. The summed E-state index contributed by atoms with van der Waals surface area (Å²) in [4.78, 5) is 10.3. The van der Waals surface area contributed by atoms with Gasteiger partial charge < -0.3 is 9.84 Å². The number of phenolic OH excluding ortho intramolecular Hbond substituents is 1. The van der Waals surface area contributed by atoms with E-state index in [1.807, 2.05) is 0 Å².